The van der Waals surface area contributed by atoms with Crippen molar-refractivity contribution in [2.24, 2.45) is 0 Å². The summed E-state index contributed by atoms with van der Waals surface area (Å²) in [7, 11) is 1.82. The minimum absolute atomic E-state index is 0.186. The van der Waals surface area contributed by atoms with Gasteiger partial charge in [-0.3, -0.25) is 0 Å². The predicted molar refractivity (Wildman–Crippen MR) is 56.2 cm³/mol. The van der Waals surface area contributed by atoms with Gasteiger partial charge in [-0.25, -0.2) is 4.39 Å². The van der Waals surface area contributed by atoms with Crippen LogP contribution in [0, 0.1) is 5.82 Å². The second-order valence-corrected chi connectivity index (χ2v) is 4.41. The van der Waals surface area contributed by atoms with Crippen LogP contribution in [0.25, 0.3) is 0 Å². The topological polar surface area (TPSA) is 12.0 Å². The lowest BCUT2D eigenvalue weighted by Crippen LogP contribution is -2.34. The molecule has 1 N–H and O–H groups in total. The van der Waals surface area contributed by atoms with E-state index in [-0.39, 0.29) is 11.4 Å². The third-order valence-corrected chi connectivity index (χ3v) is 2.72. The zero-order chi connectivity index (χ0) is 10.1. The van der Waals surface area contributed by atoms with E-state index in [1.165, 1.54) is 6.07 Å². The molecule has 13 heavy (non-hydrogen) atoms. The largest absolute Gasteiger partial charge is 0.311 e. The number of nitrogens with one attached hydrogen (secondary N) is 1. The lowest BCUT2D eigenvalue weighted by Gasteiger charge is -2.25. The summed E-state index contributed by atoms with van der Waals surface area (Å²) in [4.78, 5) is 0. The van der Waals surface area contributed by atoms with Gasteiger partial charge in [-0.1, -0.05) is 22.0 Å². The molecule has 3 heteroatoms. The van der Waals surface area contributed by atoms with Crippen molar-refractivity contribution in [2.45, 2.75) is 19.4 Å². The van der Waals surface area contributed by atoms with Crippen LogP contribution in [0.1, 0.15) is 19.4 Å². The van der Waals surface area contributed by atoms with E-state index in [0.29, 0.717) is 5.56 Å². The molecule has 1 nitrogen and oxygen atoms in total. The van der Waals surface area contributed by atoms with Crippen LogP contribution in [0.5, 0.6) is 0 Å². The van der Waals surface area contributed by atoms with Crippen LogP contribution >= 0.6 is 15.9 Å². The molecule has 0 unspecified atom stereocenters. The SMILES string of the molecule is CNC(C)(C)c1ccc(Br)cc1F. The van der Waals surface area contributed by atoms with Gasteiger partial charge >= 0.3 is 0 Å². The molecule has 1 aromatic carbocycles. The standard InChI is InChI=1S/C10H13BrFN/c1-10(2,13-3)8-5-4-7(11)6-9(8)12/h4-6,13H,1-3H3. The maximum absolute atomic E-state index is 13.5. The summed E-state index contributed by atoms with van der Waals surface area (Å²) in [6.45, 7) is 3.89. The minimum atomic E-state index is -0.329. The predicted octanol–water partition coefficient (Wildman–Crippen LogP) is 3.04. The molecule has 1 rings (SSSR count). The molecule has 0 amide bonds. The highest BCUT2D eigenvalue weighted by Gasteiger charge is 2.21. The van der Waals surface area contributed by atoms with Gasteiger partial charge in [0, 0.05) is 15.6 Å². The number of hydrogen-bond acceptors (Lipinski definition) is 1. The van der Waals surface area contributed by atoms with Crippen LogP contribution in [0.15, 0.2) is 22.7 Å². The molecule has 0 aliphatic heterocycles. The summed E-state index contributed by atoms with van der Waals surface area (Å²) in [5, 5.41) is 3.06. The highest BCUT2D eigenvalue weighted by molar-refractivity contribution is 9.10. The van der Waals surface area contributed by atoms with Crippen LogP contribution < -0.4 is 5.32 Å². The van der Waals surface area contributed by atoms with Gasteiger partial charge in [0.25, 0.3) is 0 Å². The van der Waals surface area contributed by atoms with Gasteiger partial charge in [-0.15, -0.1) is 0 Å². The van der Waals surface area contributed by atoms with Crippen LogP contribution in [0.4, 0.5) is 4.39 Å². The Bertz CT molecular complexity index is 310. The number of benzene rings is 1. The van der Waals surface area contributed by atoms with Crippen molar-refractivity contribution in [3.63, 3.8) is 0 Å². The van der Waals surface area contributed by atoms with Crippen molar-refractivity contribution in [1.29, 1.82) is 0 Å². The van der Waals surface area contributed by atoms with Crippen molar-refractivity contribution >= 4 is 15.9 Å². The molecule has 0 aromatic heterocycles. The van der Waals surface area contributed by atoms with E-state index < -0.39 is 0 Å². The fraction of sp³-hybridized carbons (Fsp3) is 0.400. The Balaban J connectivity index is 3.16. The summed E-state index contributed by atoms with van der Waals surface area (Å²) >= 11 is 3.22. The van der Waals surface area contributed by atoms with Gasteiger partial charge < -0.3 is 5.32 Å². The third-order valence-electron chi connectivity index (χ3n) is 2.23. The van der Waals surface area contributed by atoms with Crippen molar-refractivity contribution in [3.8, 4) is 0 Å². The Morgan fingerprint density at radius 1 is 1.38 bits per heavy atom. The molecule has 0 atom stereocenters. The summed E-state index contributed by atoms with van der Waals surface area (Å²) in [5.74, 6) is -0.186. The number of halogens is 2. The normalized spacial score (nSPS) is 11.8. The first-order valence-electron chi connectivity index (χ1n) is 4.12. The quantitative estimate of drug-likeness (QED) is 0.845. The van der Waals surface area contributed by atoms with E-state index in [0.717, 1.165) is 4.47 Å². The first kappa shape index (κ1) is 10.7. The van der Waals surface area contributed by atoms with Crippen molar-refractivity contribution in [3.05, 3.63) is 34.1 Å². The summed E-state index contributed by atoms with van der Waals surface area (Å²) < 4.78 is 14.2. The van der Waals surface area contributed by atoms with E-state index in [9.17, 15) is 4.39 Å². The molecule has 0 bridgehead atoms. The van der Waals surface area contributed by atoms with Gasteiger partial charge in [0.2, 0.25) is 0 Å². The summed E-state index contributed by atoms with van der Waals surface area (Å²) in [5.41, 5.74) is 0.350. The van der Waals surface area contributed by atoms with E-state index >= 15 is 0 Å². The summed E-state index contributed by atoms with van der Waals surface area (Å²) in [6, 6.07) is 5.11. The molecule has 0 spiro atoms. The zero-order valence-electron chi connectivity index (χ0n) is 7.99. The van der Waals surface area contributed by atoms with Gasteiger partial charge in [0.1, 0.15) is 5.82 Å². The third kappa shape index (κ3) is 2.29. The van der Waals surface area contributed by atoms with Crippen LogP contribution in [-0.4, -0.2) is 7.05 Å². The molecule has 0 aliphatic carbocycles. The Hall–Kier alpha value is -0.410. The summed E-state index contributed by atoms with van der Waals surface area (Å²) in [6.07, 6.45) is 0. The molecule has 0 saturated carbocycles. The van der Waals surface area contributed by atoms with Gasteiger partial charge in [0.05, 0.1) is 0 Å². The van der Waals surface area contributed by atoms with E-state index in [1.807, 2.05) is 27.0 Å². The van der Waals surface area contributed by atoms with Gasteiger partial charge in [-0.2, -0.15) is 0 Å². The first-order chi connectivity index (χ1) is 5.97. The van der Waals surface area contributed by atoms with Crippen LogP contribution in [-0.2, 0) is 5.54 Å². The van der Waals surface area contributed by atoms with Gasteiger partial charge in [0.15, 0.2) is 0 Å². The number of hydrogen-bond donors (Lipinski definition) is 1. The lowest BCUT2D eigenvalue weighted by atomic mass is 9.94. The average Bonchev–Trinajstić information content (AvgIpc) is 2.03. The average molecular weight is 246 g/mol. The van der Waals surface area contributed by atoms with Crippen molar-refractivity contribution in [1.82, 2.24) is 5.32 Å². The molecule has 0 fully saturated rings. The molecule has 0 heterocycles. The van der Waals surface area contributed by atoms with E-state index in [4.69, 9.17) is 0 Å². The molecule has 0 aliphatic rings. The second-order valence-electron chi connectivity index (χ2n) is 3.50. The maximum Gasteiger partial charge on any atom is 0.129 e. The van der Waals surface area contributed by atoms with Gasteiger partial charge in [-0.05, 0) is 33.0 Å². The molecule has 0 saturated heterocycles. The van der Waals surface area contributed by atoms with Crippen molar-refractivity contribution < 1.29 is 4.39 Å². The van der Waals surface area contributed by atoms with E-state index in [2.05, 4.69) is 21.2 Å². The Morgan fingerprint density at radius 2 is 2.00 bits per heavy atom. The second kappa shape index (κ2) is 3.76. The maximum atomic E-state index is 13.5. The fourth-order valence-corrected chi connectivity index (χ4v) is 1.46. The molecular weight excluding hydrogens is 233 g/mol. The smallest absolute Gasteiger partial charge is 0.129 e. The molecule has 72 valence electrons. The van der Waals surface area contributed by atoms with E-state index in [1.54, 1.807) is 6.07 Å². The van der Waals surface area contributed by atoms with Crippen LogP contribution in [0.3, 0.4) is 0 Å². The Labute approximate surface area is 86.5 Å². The lowest BCUT2D eigenvalue weighted by molar-refractivity contribution is 0.419. The van der Waals surface area contributed by atoms with Crippen molar-refractivity contribution in [2.75, 3.05) is 7.05 Å². The fourth-order valence-electron chi connectivity index (χ4n) is 1.13. The highest BCUT2D eigenvalue weighted by atomic mass is 79.9. The molecule has 1 aromatic rings. The number of rotatable bonds is 2. The molecule has 0 radical (unpaired) electrons. The Kier molecular flexibility index (Phi) is 3.09. The van der Waals surface area contributed by atoms with Crippen LogP contribution in [0.2, 0.25) is 0 Å². The minimum Gasteiger partial charge on any atom is -0.311 e. The monoisotopic (exact) mass is 245 g/mol. The first-order valence-corrected chi connectivity index (χ1v) is 4.91. The molecular formula is C10H13BrFN. The highest BCUT2D eigenvalue weighted by Crippen LogP contribution is 2.24. The Morgan fingerprint density at radius 3 is 2.46 bits per heavy atom. The zero-order valence-corrected chi connectivity index (χ0v) is 9.57.